The second kappa shape index (κ2) is 5.64. The lowest BCUT2D eigenvalue weighted by Gasteiger charge is -2.34. The van der Waals surface area contributed by atoms with Crippen molar-refractivity contribution in [1.29, 1.82) is 0 Å². The Morgan fingerprint density at radius 2 is 2.16 bits per heavy atom. The molecule has 10 heteroatoms. The highest BCUT2D eigenvalue weighted by atomic mass is 19.3. The summed E-state index contributed by atoms with van der Waals surface area (Å²) in [7, 11) is 0. The lowest BCUT2D eigenvalue weighted by molar-refractivity contribution is -0.122. The van der Waals surface area contributed by atoms with Crippen LogP contribution in [-0.4, -0.2) is 52.1 Å². The number of alkyl halides is 2. The molecule has 1 atom stereocenters. The number of amides is 3. The summed E-state index contributed by atoms with van der Waals surface area (Å²) in [6.45, 7) is 0.190. The average Bonchev–Trinajstić information content (AvgIpc) is 3.01. The van der Waals surface area contributed by atoms with Crippen molar-refractivity contribution in [3.8, 4) is 0 Å². The van der Waals surface area contributed by atoms with Crippen LogP contribution >= 0.6 is 0 Å². The minimum absolute atomic E-state index is 0.105. The maximum Gasteiger partial charge on any atom is 0.321 e. The van der Waals surface area contributed by atoms with E-state index in [0.717, 1.165) is 0 Å². The van der Waals surface area contributed by atoms with E-state index in [1.54, 1.807) is 17.2 Å². The molecule has 2 N–H and O–H groups in total. The predicted octanol–water partition coefficient (Wildman–Crippen LogP) is 0.888. The molecule has 3 amide bonds. The van der Waals surface area contributed by atoms with Gasteiger partial charge in [0.15, 0.2) is 5.65 Å². The zero-order valence-corrected chi connectivity index (χ0v) is 13.2. The fraction of sp³-hybridized carbons (Fsp3) is 0.467. The van der Waals surface area contributed by atoms with Crippen molar-refractivity contribution >= 4 is 23.3 Å². The third-order valence-electron chi connectivity index (χ3n) is 4.47. The van der Waals surface area contributed by atoms with Crippen molar-refractivity contribution in [2.45, 2.75) is 24.7 Å². The molecule has 0 bridgehead atoms. The highest BCUT2D eigenvalue weighted by molar-refractivity contribution is 6.00. The fourth-order valence-corrected chi connectivity index (χ4v) is 3.26. The molecule has 2 aromatic heterocycles. The molecule has 4 heterocycles. The number of imide groups is 1. The summed E-state index contributed by atoms with van der Waals surface area (Å²) in [6.07, 6.45) is 3.37. The molecule has 2 saturated heterocycles. The Morgan fingerprint density at radius 3 is 2.92 bits per heavy atom. The van der Waals surface area contributed by atoms with Gasteiger partial charge in [-0.05, 0) is 12.5 Å². The topological polar surface area (TPSA) is 91.6 Å². The van der Waals surface area contributed by atoms with E-state index >= 15 is 0 Å². The molecule has 132 valence electrons. The van der Waals surface area contributed by atoms with Gasteiger partial charge >= 0.3 is 6.03 Å². The largest absolute Gasteiger partial charge is 0.362 e. The number of anilines is 1. The van der Waals surface area contributed by atoms with Crippen LogP contribution in [0.1, 0.15) is 24.5 Å². The first-order chi connectivity index (χ1) is 11.9. The van der Waals surface area contributed by atoms with Crippen LogP contribution in [0.25, 0.3) is 5.65 Å². The van der Waals surface area contributed by atoms with E-state index in [-0.39, 0.29) is 13.0 Å². The normalized spacial score (nSPS) is 23.4. The number of fused-ring (bicyclic) bond motifs is 1. The first-order valence-electron chi connectivity index (χ1n) is 7.99. The van der Waals surface area contributed by atoms with E-state index in [0.29, 0.717) is 30.0 Å². The van der Waals surface area contributed by atoms with E-state index in [1.165, 1.54) is 10.7 Å². The van der Waals surface area contributed by atoms with Crippen molar-refractivity contribution in [2.75, 3.05) is 24.5 Å². The number of piperidine rings is 1. The average molecular weight is 350 g/mol. The Morgan fingerprint density at radius 1 is 1.32 bits per heavy atom. The van der Waals surface area contributed by atoms with Gasteiger partial charge in [-0.25, -0.2) is 23.1 Å². The molecule has 0 saturated carbocycles. The van der Waals surface area contributed by atoms with Gasteiger partial charge in [0.1, 0.15) is 0 Å². The Labute approximate surface area is 141 Å². The molecular weight excluding hydrogens is 334 g/mol. The summed E-state index contributed by atoms with van der Waals surface area (Å²) >= 11 is 0. The van der Waals surface area contributed by atoms with Gasteiger partial charge in [-0.1, -0.05) is 0 Å². The first-order valence-corrected chi connectivity index (χ1v) is 7.99. The predicted molar refractivity (Wildman–Crippen MR) is 83.7 cm³/mol. The Balaban J connectivity index is 1.75. The van der Waals surface area contributed by atoms with Crippen LogP contribution in [0.5, 0.6) is 0 Å². The van der Waals surface area contributed by atoms with Crippen LogP contribution in [0.3, 0.4) is 0 Å². The van der Waals surface area contributed by atoms with E-state index in [2.05, 4.69) is 20.7 Å². The zero-order valence-electron chi connectivity index (χ0n) is 13.2. The maximum absolute atomic E-state index is 13.8. The van der Waals surface area contributed by atoms with Crippen molar-refractivity contribution in [3.05, 3.63) is 24.2 Å². The lowest BCUT2D eigenvalue weighted by atomic mass is 10.0. The van der Waals surface area contributed by atoms with Gasteiger partial charge in [0.25, 0.3) is 5.92 Å². The third kappa shape index (κ3) is 2.87. The van der Waals surface area contributed by atoms with Gasteiger partial charge in [0.05, 0.1) is 23.8 Å². The van der Waals surface area contributed by atoms with Gasteiger partial charge in [0.2, 0.25) is 5.91 Å². The number of carbonyl (C=O) groups excluding carboxylic acids is 2. The monoisotopic (exact) mass is 350 g/mol. The first kappa shape index (κ1) is 15.7. The van der Waals surface area contributed by atoms with Crippen LogP contribution in [0.15, 0.2) is 18.5 Å². The summed E-state index contributed by atoms with van der Waals surface area (Å²) in [5.41, 5.74) is 1.37. The number of aromatic nitrogens is 3. The molecular formula is C15H16F2N6O2. The number of hydrogen-bond acceptors (Lipinski definition) is 5. The molecule has 0 radical (unpaired) electrons. The molecule has 2 aliphatic rings. The minimum atomic E-state index is -2.76. The Kier molecular flexibility index (Phi) is 3.55. The highest BCUT2D eigenvalue weighted by Gasteiger charge is 2.37. The van der Waals surface area contributed by atoms with Crippen LogP contribution in [0, 0.1) is 0 Å². The number of urea groups is 1. The van der Waals surface area contributed by atoms with Gasteiger partial charge in [-0.3, -0.25) is 10.1 Å². The van der Waals surface area contributed by atoms with Crippen molar-refractivity contribution in [2.24, 2.45) is 0 Å². The van der Waals surface area contributed by atoms with Crippen LogP contribution in [0.4, 0.5) is 19.3 Å². The molecule has 25 heavy (non-hydrogen) atoms. The summed E-state index contributed by atoms with van der Waals surface area (Å²) in [6, 6.07) is 1.06. The van der Waals surface area contributed by atoms with Gasteiger partial charge in [0, 0.05) is 31.9 Å². The number of hydrogen-bond donors (Lipinski definition) is 2. The Hall–Kier alpha value is -2.78. The summed E-state index contributed by atoms with van der Waals surface area (Å²) in [5.74, 6) is -3.92. The highest BCUT2D eigenvalue weighted by Crippen LogP contribution is 2.32. The fourth-order valence-electron chi connectivity index (χ4n) is 3.26. The summed E-state index contributed by atoms with van der Waals surface area (Å²) in [5, 5.41) is 9.09. The van der Waals surface area contributed by atoms with Crippen molar-refractivity contribution in [3.63, 3.8) is 0 Å². The molecule has 0 aromatic carbocycles. The van der Waals surface area contributed by atoms with Crippen molar-refractivity contribution in [1.82, 2.24) is 25.2 Å². The number of imidazole rings is 1. The SMILES string of the molecule is O=C1NCC(c2cc(N3CCCC(F)(F)C3)c3nccn3n2)C(=O)N1. The quantitative estimate of drug-likeness (QED) is 0.839. The molecule has 4 rings (SSSR count). The number of halogens is 2. The van der Waals surface area contributed by atoms with E-state index in [4.69, 9.17) is 0 Å². The van der Waals surface area contributed by atoms with E-state index in [9.17, 15) is 18.4 Å². The maximum atomic E-state index is 13.8. The summed E-state index contributed by atoms with van der Waals surface area (Å²) in [4.78, 5) is 29.1. The smallest absolute Gasteiger partial charge is 0.321 e. The second-order valence-electron chi connectivity index (χ2n) is 6.28. The number of nitrogens with one attached hydrogen (secondary N) is 2. The lowest BCUT2D eigenvalue weighted by Crippen LogP contribution is -2.51. The number of rotatable bonds is 2. The number of carbonyl (C=O) groups is 2. The number of nitrogens with zero attached hydrogens (tertiary/aromatic N) is 4. The van der Waals surface area contributed by atoms with Gasteiger partial charge < -0.3 is 10.2 Å². The van der Waals surface area contributed by atoms with Gasteiger partial charge in [-0.2, -0.15) is 5.10 Å². The van der Waals surface area contributed by atoms with E-state index < -0.39 is 30.3 Å². The molecule has 0 aliphatic carbocycles. The van der Waals surface area contributed by atoms with Crippen LogP contribution in [-0.2, 0) is 4.79 Å². The molecule has 1 unspecified atom stereocenters. The Bertz CT molecular complexity index is 852. The second-order valence-corrected chi connectivity index (χ2v) is 6.28. The molecule has 2 aliphatic heterocycles. The van der Waals surface area contributed by atoms with E-state index in [1.807, 2.05) is 0 Å². The zero-order chi connectivity index (χ0) is 17.6. The molecule has 2 aromatic rings. The van der Waals surface area contributed by atoms with Crippen LogP contribution < -0.4 is 15.5 Å². The third-order valence-corrected chi connectivity index (χ3v) is 4.47. The molecule has 2 fully saturated rings. The summed E-state index contributed by atoms with van der Waals surface area (Å²) < 4.78 is 29.1. The minimum Gasteiger partial charge on any atom is -0.362 e. The molecule has 0 spiro atoms. The molecule has 8 nitrogen and oxygen atoms in total. The standard InChI is InChI=1S/C15H16F2N6O2/c16-15(17)2-1-4-22(8-15)11-6-10(21-23-5-3-18-12(11)23)9-7-19-14(25)20-13(9)24/h3,5-6,9H,1-2,4,7-8H2,(H2,19,20,24,25). The van der Waals surface area contributed by atoms with Gasteiger partial charge in [-0.15, -0.1) is 0 Å². The van der Waals surface area contributed by atoms with Crippen molar-refractivity contribution < 1.29 is 18.4 Å². The van der Waals surface area contributed by atoms with Crippen LogP contribution in [0.2, 0.25) is 0 Å².